The maximum Gasteiger partial charge on any atom is 0.435 e. The highest BCUT2D eigenvalue weighted by atomic mass is 32.2. The van der Waals surface area contributed by atoms with Gasteiger partial charge in [-0.25, -0.2) is 27.7 Å². The molecule has 150 valence electrons. The van der Waals surface area contributed by atoms with E-state index in [0.717, 1.165) is 10.7 Å². The molecule has 0 amide bonds. The van der Waals surface area contributed by atoms with Gasteiger partial charge in [-0.1, -0.05) is 6.92 Å². The number of sulfone groups is 1. The first kappa shape index (κ1) is 18.9. The van der Waals surface area contributed by atoms with E-state index in [1.807, 2.05) is 0 Å². The molecule has 0 aliphatic heterocycles. The standard InChI is InChI=1S/C15H11F3N8O2S/c1-2-29(27,28)11-3-4-13(26-8-19-7-20-26)21-14(11)25-6-10-9(24-25)5-12(23-22-10)15(16,17)18/h3-8H,2H2,1H3. The molecule has 0 atom stereocenters. The predicted molar refractivity (Wildman–Crippen MR) is 92.1 cm³/mol. The van der Waals surface area contributed by atoms with Gasteiger partial charge in [0.25, 0.3) is 0 Å². The summed E-state index contributed by atoms with van der Waals surface area (Å²) in [5.41, 5.74) is -1.27. The van der Waals surface area contributed by atoms with Gasteiger partial charge in [0.15, 0.2) is 27.2 Å². The molecule has 0 saturated carbocycles. The van der Waals surface area contributed by atoms with E-state index >= 15 is 0 Å². The summed E-state index contributed by atoms with van der Waals surface area (Å²) in [7, 11) is -3.72. The summed E-state index contributed by atoms with van der Waals surface area (Å²) >= 11 is 0. The number of fused-ring (bicyclic) bond motifs is 1. The molecular formula is C15H11F3N8O2S. The van der Waals surface area contributed by atoms with E-state index in [4.69, 9.17) is 0 Å². The van der Waals surface area contributed by atoms with E-state index in [1.165, 1.54) is 42.6 Å². The molecule has 4 rings (SSSR count). The number of nitrogens with zero attached hydrogens (tertiary/aromatic N) is 8. The predicted octanol–water partition coefficient (Wildman–Crippen LogP) is 1.60. The number of halogens is 3. The maximum atomic E-state index is 12.9. The molecule has 0 unspecified atom stereocenters. The SMILES string of the molecule is CCS(=O)(=O)c1ccc(-n2cncn2)nc1-n1cc2nnc(C(F)(F)F)cc2n1. The number of alkyl halides is 3. The van der Waals surface area contributed by atoms with Crippen LogP contribution in [0.1, 0.15) is 12.6 Å². The highest BCUT2D eigenvalue weighted by Crippen LogP contribution is 2.29. The maximum absolute atomic E-state index is 12.9. The van der Waals surface area contributed by atoms with Crippen molar-refractivity contribution in [2.75, 3.05) is 5.75 Å². The van der Waals surface area contributed by atoms with Gasteiger partial charge in [-0.05, 0) is 12.1 Å². The van der Waals surface area contributed by atoms with Crippen molar-refractivity contribution in [1.29, 1.82) is 0 Å². The molecule has 10 nitrogen and oxygen atoms in total. The normalized spacial score (nSPS) is 12.6. The van der Waals surface area contributed by atoms with Crippen molar-refractivity contribution in [3.63, 3.8) is 0 Å². The van der Waals surface area contributed by atoms with Crippen LogP contribution in [0.2, 0.25) is 0 Å². The zero-order chi connectivity index (χ0) is 20.8. The molecule has 0 spiro atoms. The van der Waals surface area contributed by atoms with Crippen molar-refractivity contribution in [1.82, 2.24) is 39.7 Å². The molecule has 0 aliphatic carbocycles. The second kappa shape index (κ2) is 6.58. The first-order chi connectivity index (χ1) is 13.7. The van der Waals surface area contributed by atoms with Gasteiger partial charge in [0.2, 0.25) is 0 Å². The van der Waals surface area contributed by atoms with Crippen molar-refractivity contribution >= 4 is 20.9 Å². The first-order valence-electron chi connectivity index (χ1n) is 8.08. The summed E-state index contributed by atoms with van der Waals surface area (Å²) in [6.07, 6.45) is -0.799. The lowest BCUT2D eigenvalue weighted by molar-refractivity contribution is -0.141. The summed E-state index contributed by atoms with van der Waals surface area (Å²) in [4.78, 5) is 7.94. The average molecular weight is 424 g/mol. The fourth-order valence-corrected chi connectivity index (χ4v) is 3.52. The van der Waals surface area contributed by atoms with Gasteiger partial charge in [0.1, 0.15) is 28.6 Å². The van der Waals surface area contributed by atoms with Crippen LogP contribution in [0.25, 0.3) is 22.7 Å². The van der Waals surface area contributed by atoms with Gasteiger partial charge in [0.05, 0.1) is 11.9 Å². The highest BCUT2D eigenvalue weighted by molar-refractivity contribution is 7.91. The monoisotopic (exact) mass is 424 g/mol. The molecule has 0 saturated heterocycles. The lowest BCUT2D eigenvalue weighted by atomic mass is 10.3. The van der Waals surface area contributed by atoms with Gasteiger partial charge in [0, 0.05) is 6.07 Å². The molecule has 0 N–H and O–H groups in total. The van der Waals surface area contributed by atoms with Crippen molar-refractivity contribution in [2.24, 2.45) is 0 Å². The van der Waals surface area contributed by atoms with Crippen molar-refractivity contribution < 1.29 is 21.6 Å². The smallest absolute Gasteiger partial charge is 0.224 e. The molecule has 29 heavy (non-hydrogen) atoms. The minimum absolute atomic E-state index is 0.0470. The summed E-state index contributed by atoms with van der Waals surface area (Å²) in [6.45, 7) is 1.46. The lowest BCUT2D eigenvalue weighted by Crippen LogP contribution is -2.13. The fourth-order valence-electron chi connectivity index (χ4n) is 2.51. The average Bonchev–Trinajstić information content (AvgIpc) is 3.36. The first-order valence-corrected chi connectivity index (χ1v) is 9.74. The molecular weight excluding hydrogens is 413 g/mol. The van der Waals surface area contributed by atoms with E-state index in [9.17, 15) is 21.6 Å². The van der Waals surface area contributed by atoms with Crippen LogP contribution in [0.15, 0.2) is 41.9 Å². The number of rotatable bonds is 4. The van der Waals surface area contributed by atoms with Crippen LogP contribution in [0.3, 0.4) is 0 Å². The van der Waals surface area contributed by atoms with Crippen molar-refractivity contribution in [3.8, 4) is 11.6 Å². The fraction of sp³-hybridized carbons (Fsp3) is 0.200. The van der Waals surface area contributed by atoms with Gasteiger partial charge in [-0.15, -0.1) is 10.2 Å². The van der Waals surface area contributed by atoms with Crippen LogP contribution < -0.4 is 0 Å². The van der Waals surface area contributed by atoms with Crippen LogP contribution in [0.4, 0.5) is 13.2 Å². The Morgan fingerprint density at radius 3 is 2.55 bits per heavy atom. The Morgan fingerprint density at radius 1 is 1.10 bits per heavy atom. The lowest BCUT2D eigenvalue weighted by Gasteiger charge is -2.10. The Bertz CT molecular complexity index is 1300. The topological polar surface area (TPSA) is 121 Å². The van der Waals surface area contributed by atoms with E-state index in [0.29, 0.717) is 0 Å². The van der Waals surface area contributed by atoms with E-state index < -0.39 is 21.7 Å². The number of hydrogen-bond donors (Lipinski definition) is 0. The highest BCUT2D eigenvalue weighted by Gasteiger charge is 2.33. The zero-order valence-corrected chi connectivity index (χ0v) is 15.4. The largest absolute Gasteiger partial charge is 0.435 e. The van der Waals surface area contributed by atoms with E-state index in [-0.39, 0.29) is 33.3 Å². The number of hydrogen-bond acceptors (Lipinski definition) is 8. The molecule has 4 heterocycles. The third kappa shape index (κ3) is 3.41. The van der Waals surface area contributed by atoms with Gasteiger partial charge in [-0.3, -0.25) is 0 Å². The third-order valence-electron chi connectivity index (χ3n) is 3.96. The molecule has 0 radical (unpaired) electrons. The number of aromatic nitrogens is 8. The minimum atomic E-state index is -4.69. The Morgan fingerprint density at radius 2 is 1.90 bits per heavy atom. The second-order valence-electron chi connectivity index (χ2n) is 5.81. The molecule has 0 aromatic carbocycles. The minimum Gasteiger partial charge on any atom is -0.224 e. The van der Waals surface area contributed by atoms with E-state index in [1.54, 1.807) is 0 Å². The molecule has 0 bridgehead atoms. The molecule has 4 aromatic rings. The quantitative estimate of drug-likeness (QED) is 0.484. The third-order valence-corrected chi connectivity index (χ3v) is 5.71. The number of pyridine rings is 1. The van der Waals surface area contributed by atoms with E-state index in [2.05, 4.69) is 30.4 Å². The van der Waals surface area contributed by atoms with Crippen molar-refractivity contribution in [3.05, 3.63) is 42.7 Å². The van der Waals surface area contributed by atoms with Crippen LogP contribution >= 0.6 is 0 Å². The molecule has 14 heteroatoms. The Kier molecular flexibility index (Phi) is 4.29. The van der Waals surface area contributed by atoms with Gasteiger partial charge in [-0.2, -0.15) is 23.4 Å². The Hall–Kier alpha value is -3.42. The molecule has 0 aliphatic rings. The second-order valence-corrected chi connectivity index (χ2v) is 8.05. The van der Waals surface area contributed by atoms with Crippen LogP contribution in [0.5, 0.6) is 0 Å². The Balaban J connectivity index is 1.93. The zero-order valence-electron chi connectivity index (χ0n) is 14.6. The van der Waals surface area contributed by atoms with Gasteiger partial charge < -0.3 is 0 Å². The molecule has 0 fully saturated rings. The van der Waals surface area contributed by atoms with Crippen LogP contribution in [0, 0.1) is 0 Å². The Labute approximate surface area is 161 Å². The molecule has 4 aromatic heterocycles. The van der Waals surface area contributed by atoms with Crippen LogP contribution in [-0.2, 0) is 16.0 Å². The summed E-state index contributed by atoms with van der Waals surface area (Å²) < 4.78 is 66.0. The van der Waals surface area contributed by atoms with Crippen LogP contribution in [-0.4, -0.2) is 53.9 Å². The summed E-state index contributed by atoms with van der Waals surface area (Å²) in [5, 5.41) is 14.6. The summed E-state index contributed by atoms with van der Waals surface area (Å²) in [5.74, 6) is -0.0658. The summed E-state index contributed by atoms with van der Waals surface area (Å²) in [6, 6.07) is 3.50. The van der Waals surface area contributed by atoms with Crippen molar-refractivity contribution in [2.45, 2.75) is 18.0 Å². The van der Waals surface area contributed by atoms with Gasteiger partial charge >= 0.3 is 6.18 Å².